The summed E-state index contributed by atoms with van der Waals surface area (Å²) in [4.78, 5) is 0. The van der Waals surface area contributed by atoms with Crippen molar-refractivity contribution in [2.24, 2.45) is 0 Å². The molecular formula is C8H15N3S2. The normalized spacial score (nSPS) is 10.6. The van der Waals surface area contributed by atoms with Gasteiger partial charge < -0.3 is 5.32 Å². The molecule has 0 amide bonds. The SMILES string of the molecule is CCNCCCSc1nnc(C)s1. The summed E-state index contributed by atoms with van der Waals surface area (Å²) in [5.74, 6) is 1.13. The number of nitrogens with one attached hydrogen (secondary N) is 1. The van der Waals surface area contributed by atoms with Gasteiger partial charge in [-0.15, -0.1) is 10.2 Å². The Morgan fingerprint density at radius 3 is 2.92 bits per heavy atom. The topological polar surface area (TPSA) is 37.8 Å². The lowest BCUT2D eigenvalue weighted by Gasteiger charge is -1.98. The molecule has 74 valence electrons. The van der Waals surface area contributed by atoms with Gasteiger partial charge in [0, 0.05) is 5.75 Å². The van der Waals surface area contributed by atoms with Gasteiger partial charge in [-0.25, -0.2) is 0 Å². The zero-order valence-corrected chi connectivity index (χ0v) is 9.67. The standard InChI is InChI=1S/C8H15N3S2/c1-3-9-5-4-6-12-8-11-10-7(2)13-8/h9H,3-6H2,1-2H3. The monoisotopic (exact) mass is 217 g/mol. The molecule has 0 radical (unpaired) electrons. The number of aromatic nitrogens is 2. The van der Waals surface area contributed by atoms with Gasteiger partial charge in [-0.1, -0.05) is 30.0 Å². The fourth-order valence-electron chi connectivity index (χ4n) is 0.870. The fraction of sp³-hybridized carbons (Fsp3) is 0.750. The first-order valence-electron chi connectivity index (χ1n) is 4.46. The lowest BCUT2D eigenvalue weighted by atomic mass is 10.5. The number of thioether (sulfide) groups is 1. The van der Waals surface area contributed by atoms with Crippen LogP contribution in [0, 0.1) is 6.92 Å². The lowest BCUT2D eigenvalue weighted by molar-refractivity contribution is 0.707. The Labute approximate surface area is 87.3 Å². The summed E-state index contributed by atoms with van der Waals surface area (Å²) in [7, 11) is 0. The summed E-state index contributed by atoms with van der Waals surface area (Å²) < 4.78 is 1.09. The van der Waals surface area contributed by atoms with Gasteiger partial charge in [0.15, 0.2) is 4.34 Å². The Bertz CT molecular complexity index is 237. The van der Waals surface area contributed by atoms with E-state index in [0.29, 0.717) is 0 Å². The highest BCUT2D eigenvalue weighted by Crippen LogP contribution is 2.21. The van der Waals surface area contributed by atoms with Crippen LogP contribution in [0.1, 0.15) is 18.4 Å². The quantitative estimate of drug-likeness (QED) is 0.584. The summed E-state index contributed by atoms with van der Waals surface area (Å²) in [6, 6.07) is 0. The third-order valence-electron chi connectivity index (χ3n) is 1.48. The van der Waals surface area contributed by atoms with Crippen molar-refractivity contribution in [1.29, 1.82) is 0 Å². The molecule has 1 aromatic heterocycles. The van der Waals surface area contributed by atoms with E-state index in [1.807, 2.05) is 6.92 Å². The first-order chi connectivity index (χ1) is 6.33. The average molecular weight is 217 g/mol. The molecule has 0 saturated heterocycles. The van der Waals surface area contributed by atoms with E-state index in [-0.39, 0.29) is 0 Å². The van der Waals surface area contributed by atoms with Crippen molar-refractivity contribution in [2.75, 3.05) is 18.8 Å². The minimum atomic E-state index is 1.05. The van der Waals surface area contributed by atoms with Crippen LogP contribution >= 0.6 is 23.1 Å². The molecule has 13 heavy (non-hydrogen) atoms. The van der Waals surface area contributed by atoms with E-state index >= 15 is 0 Å². The lowest BCUT2D eigenvalue weighted by Crippen LogP contribution is -2.14. The highest BCUT2D eigenvalue weighted by molar-refractivity contribution is 8.01. The summed E-state index contributed by atoms with van der Waals surface area (Å²) >= 11 is 3.47. The summed E-state index contributed by atoms with van der Waals surface area (Å²) in [6.07, 6.45) is 1.19. The van der Waals surface area contributed by atoms with E-state index in [9.17, 15) is 0 Å². The predicted octanol–water partition coefficient (Wildman–Crippen LogP) is 1.94. The molecule has 0 spiro atoms. The van der Waals surface area contributed by atoms with Gasteiger partial charge in [0.05, 0.1) is 0 Å². The number of nitrogens with zero attached hydrogens (tertiary/aromatic N) is 2. The summed E-state index contributed by atoms with van der Waals surface area (Å²) in [5, 5.41) is 12.4. The Balaban J connectivity index is 2.06. The number of hydrogen-bond donors (Lipinski definition) is 1. The smallest absolute Gasteiger partial charge is 0.174 e. The third-order valence-corrected chi connectivity index (χ3v) is 3.54. The van der Waals surface area contributed by atoms with E-state index in [4.69, 9.17) is 0 Å². The van der Waals surface area contributed by atoms with Crippen LogP contribution in [-0.2, 0) is 0 Å². The van der Waals surface area contributed by atoms with Gasteiger partial charge in [0.2, 0.25) is 0 Å². The Morgan fingerprint density at radius 2 is 2.31 bits per heavy atom. The Hall–Kier alpha value is -0.130. The molecule has 0 aliphatic carbocycles. The van der Waals surface area contributed by atoms with Crippen molar-refractivity contribution < 1.29 is 0 Å². The minimum absolute atomic E-state index is 1.05. The van der Waals surface area contributed by atoms with Crippen LogP contribution in [-0.4, -0.2) is 29.0 Å². The maximum atomic E-state index is 4.04. The second-order valence-corrected chi connectivity index (χ2v) is 5.17. The molecule has 1 aromatic rings. The predicted molar refractivity (Wildman–Crippen MR) is 58.5 cm³/mol. The average Bonchev–Trinajstić information content (AvgIpc) is 2.51. The van der Waals surface area contributed by atoms with E-state index in [0.717, 1.165) is 28.2 Å². The third kappa shape index (κ3) is 4.59. The molecule has 3 nitrogen and oxygen atoms in total. The van der Waals surface area contributed by atoms with Crippen LogP contribution in [0.4, 0.5) is 0 Å². The van der Waals surface area contributed by atoms with Gasteiger partial charge in [-0.3, -0.25) is 0 Å². The van der Waals surface area contributed by atoms with Crippen molar-refractivity contribution in [2.45, 2.75) is 24.6 Å². The summed E-state index contributed by atoms with van der Waals surface area (Å²) in [6.45, 7) is 6.27. The van der Waals surface area contributed by atoms with Crippen molar-refractivity contribution in [3.8, 4) is 0 Å². The molecule has 0 fully saturated rings. The molecule has 1 rings (SSSR count). The zero-order chi connectivity index (χ0) is 9.52. The van der Waals surface area contributed by atoms with Crippen LogP contribution in [0.15, 0.2) is 4.34 Å². The highest BCUT2D eigenvalue weighted by Gasteiger charge is 1.99. The van der Waals surface area contributed by atoms with Crippen molar-refractivity contribution in [3.05, 3.63) is 5.01 Å². The van der Waals surface area contributed by atoms with E-state index in [2.05, 4.69) is 22.4 Å². The minimum Gasteiger partial charge on any atom is -0.317 e. The van der Waals surface area contributed by atoms with Gasteiger partial charge in [0.25, 0.3) is 0 Å². The van der Waals surface area contributed by atoms with Crippen molar-refractivity contribution >= 4 is 23.1 Å². The summed E-state index contributed by atoms with van der Waals surface area (Å²) in [5.41, 5.74) is 0. The Kier molecular flexibility index (Phi) is 5.34. The Morgan fingerprint density at radius 1 is 1.46 bits per heavy atom. The van der Waals surface area contributed by atoms with Crippen LogP contribution in [0.3, 0.4) is 0 Å². The van der Waals surface area contributed by atoms with Gasteiger partial charge in [0.1, 0.15) is 5.01 Å². The van der Waals surface area contributed by atoms with Crippen LogP contribution in [0.25, 0.3) is 0 Å². The molecule has 0 saturated carbocycles. The zero-order valence-electron chi connectivity index (χ0n) is 8.04. The van der Waals surface area contributed by atoms with E-state index in [1.165, 1.54) is 6.42 Å². The molecule has 1 heterocycles. The number of rotatable bonds is 6. The van der Waals surface area contributed by atoms with Crippen LogP contribution in [0.5, 0.6) is 0 Å². The van der Waals surface area contributed by atoms with Crippen LogP contribution in [0.2, 0.25) is 0 Å². The molecule has 0 aliphatic heterocycles. The first kappa shape index (κ1) is 10.9. The van der Waals surface area contributed by atoms with Gasteiger partial charge in [-0.05, 0) is 26.4 Å². The van der Waals surface area contributed by atoms with Crippen LogP contribution < -0.4 is 5.32 Å². The molecule has 0 bridgehead atoms. The van der Waals surface area contributed by atoms with Gasteiger partial charge in [-0.2, -0.15) is 0 Å². The number of aryl methyl sites for hydroxylation is 1. The molecule has 0 unspecified atom stereocenters. The molecule has 5 heteroatoms. The maximum absolute atomic E-state index is 4.04. The second-order valence-electron chi connectivity index (χ2n) is 2.64. The first-order valence-corrected chi connectivity index (χ1v) is 6.26. The van der Waals surface area contributed by atoms with Gasteiger partial charge >= 0.3 is 0 Å². The maximum Gasteiger partial charge on any atom is 0.174 e. The van der Waals surface area contributed by atoms with Crippen molar-refractivity contribution in [1.82, 2.24) is 15.5 Å². The van der Waals surface area contributed by atoms with E-state index in [1.54, 1.807) is 23.1 Å². The fourth-order valence-corrected chi connectivity index (χ4v) is 2.70. The van der Waals surface area contributed by atoms with E-state index < -0.39 is 0 Å². The molecular weight excluding hydrogens is 202 g/mol. The second kappa shape index (κ2) is 6.34. The number of hydrogen-bond acceptors (Lipinski definition) is 5. The molecule has 0 aromatic carbocycles. The van der Waals surface area contributed by atoms with Crippen molar-refractivity contribution in [3.63, 3.8) is 0 Å². The largest absolute Gasteiger partial charge is 0.317 e. The molecule has 0 aliphatic rings. The molecule has 0 atom stereocenters. The highest BCUT2D eigenvalue weighted by atomic mass is 32.2. The molecule has 1 N–H and O–H groups in total.